The third-order valence-corrected chi connectivity index (χ3v) is 3.21. The Bertz CT molecular complexity index is 692. The monoisotopic (exact) mass is 353 g/mol. The third kappa shape index (κ3) is 4.87. The topological polar surface area (TPSA) is 49.6 Å². The van der Waals surface area contributed by atoms with Crippen molar-refractivity contribution in [3.8, 4) is 11.3 Å². The lowest BCUT2D eigenvalue weighted by Gasteiger charge is -2.02. The standard InChI is InChI=1S/C15H13Cl2N3OS/c1-2-5-18-15(22)20-19-9-13-3-4-14(21-13)10-6-11(16)8-12(17)7-10/h2-4,6-9H,1,5H2,(H2,18,20,22)/b19-9+. The first kappa shape index (κ1) is 16.5. The summed E-state index contributed by atoms with van der Waals surface area (Å²) >= 11 is 17.0. The number of furan rings is 1. The van der Waals surface area contributed by atoms with Crippen LogP contribution >= 0.6 is 35.4 Å². The van der Waals surface area contributed by atoms with Gasteiger partial charge in [0, 0.05) is 22.2 Å². The summed E-state index contributed by atoms with van der Waals surface area (Å²) < 4.78 is 5.66. The minimum absolute atomic E-state index is 0.407. The Morgan fingerprint density at radius 1 is 1.27 bits per heavy atom. The molecule has 4 nitrogen and oxygen atoms in total. The maximum Gasteiger partial charge on any atom is 0.187 e. The van der Waals surface area contributed by atoms with Crippen molar-refractivity contribution in [3.05, 3.63) is 58.8 Å². The summed E-state index contributed by atoms with van der Waals surface area (Å²) in [6.45, 7) is 4.15. The number of hydrogen-bond acceptors (Lipinski definition) is 3. The lowest BCUT2D eigenvalue weighted by molar-refractivity contribution is 0.574. The molecule has 1 heterocycles. The second kappa shape index (κ2) is 7.98. The smallest absolute Gasteiger partial charge is 0.187 e. The zero-order valence-electron chi connectivity index (χ0n) is 11.5. The molecule has 0 saturated heterocycles. The van der Waals surface area contributed by atoms with Gasteiger partial charge in [-0.15, -0.1) is 6.58 Å². The Morgan fingerprint density at radius 2 is 2.00 bits per heavy atom. The molecule has 0 saturated carbocycles. The molecule has 22 heavy (non-hydrogen) atoms. The van der Waals surface area contributed by atoms with Gasteiger partial charge in [-0.3, -0.25) is 5.43 Å². The van der Waals surface area contributed by atoms with E-state index in [4.69, 9.17) is 39.8 Å². The van der Waals surface area contributed by atoms with Crippen LogP contribution in [0.2, 0.25) is 10.0 Å². The van der Waals surface area contributed by atoms with Gasteiger partial charge < -0.3 is 9.73 Å². The summed E-state index contributed by atoms with van der Waals surface area (Å²) in [4.78, 5) is 0. The summed E-state index contributed by atoms with van der Waals surface area (Å²) in [6, 6.07) is 8.83. The van der Waals surface area contributed by atoms with Crippen LogP contribution in [0.3, 0.4) is 0 Å². The maximum atomic E-state index is 5.98. The molecule has 0 unspecified atom stereocenters. The quantitative estimate of drug-likeness (QED) is 0.365. The largest absolute Gasteiger partial charge is 0.455 e. The SMILES string of the molecule is C=CCNC(=S)N/N=C/c1ccc(-c2cc(Cl)cc(Cl)c2)o1. The van der Waals surface area contributed by atoms with Gasteiger partial charge in [0.05, 0.1) is 6.21 Å². The van der Waals surface area contributed by atoms with Crippen LogP contribution in [0.5, 0.6) is 0 Å². The Balaban J connectivity index is 2.02. The second-order valence-corrected chi connectivity index (χ2v) is 5.51. The van der Waals surface area contributed by atoms with Crippen LogP contribution < -0.4 is 10.7 Å². The number of rotatable bonds is 5. The van der Waals surface area contributed by atoms with Crippen molar-refractivity contribution >= 4 is 46.7 Å². The van der Waals surface area contributed by atoms with Gasteiger partial charge in [0.25, 0.3) is 0 Å². The van der Waals surface area contributed by atoms with Crippen molar-refractivity contribution in [3.63, 3.8) is 0 Å². The molecule has 0 bridgehead atoms. The average Bonchev–Trinajstić information content (AvgIpc) is 2.93. The van der Waals surface area contributed by atoms with Gasteiger partial charge in [0.1, 0.15) is 11.5 Å². The highest BCUT2D eigenvalue weighted by atomic mass is 35.5. The predicted octanol–water partition coefficient (Wildman–Crippen LogP) is 4.24. The lowest BCUT2D eigenvalue weighted by Crippen LogP contribution is -2.31. The Morgan fingerprint density at radius 3 is 2.68 bits per heavy atom. The molecular formula is C15H13Cl2N3OS. The number of hydrazone groups is 1. The van der Waals surface area contributed by atoms with E-state index in [-0.39, 0.29) is 0 Å². The van der Waals surface area contributed by atoms with Crippen molar-refractivity contribution < 1.29 is 4.42 Å². The van der Waals surface area contributed by atoms with Gasteiger partial charge in [0.15, 0.2) is 5.11 Å². The number of halogens is 2. The molecule has 2 N–H and O–H groups in total. The molecular weight excluding hydrogens is 341 g/mol. The zero-order chi connectivity index (χ0) is 15.9. The van der Waals surface area contributed by atoms with E-state index in [0.717, 1.165) is 5.56 Å². The molecule has 0 aliphatic carbocycles. The minimum atomic E-state index is 0.407. The summed E-state index contributed by atoms with van der Waals surface area (Å²) in [7, 11) is 0. The fourth-order valence-corrected chi connectivity index (χ4v) is 2.29. The highest BCUT2D eigenvalue weighted by Crippen LogP contribution is 2.28. The summed E-state index contributed by atoms with van der Waals surface area (Å²) in [5.74, 6) is 1.23. The molecule has 2 aromatic rings. The van der Waals surface area contributed by atoms with Crippen molar-refractivity contribution in [2.75, 3.05) is 6.54 Å². The number of thiocarbonyl (C=S) groups is 1. The Labute approximate surface area is 143 Å². The van der Waals surface area contributed by atoms with E-state index in [2.05, 4.69) is 22.4 Å². The van der Waals surface area contributed by atoms with Gasteiger partial charge >= 0.3 is 0 Å². The van der Waals surface area contributed by atoms with E-state index in [9.17, 15) is 0 Å². The van der Waals surface area contributed by atoms with Crippen LogP contribution in [-0.2, 0) is 0 Å². The third-order valence-electron chi connectivity index (χ3n) is 2.54. The van der Waals surface area contributed by atoms with Crippen LogP contribution in [0.25, 0.3) is 11.3 Å². The summed E-state index contributed by atoms with van der Waals surface area (Å²) in [5, 5.41) is 8.38. The van der Waals surface area contributed by atoms with E-state index < -0.39 is 0 Å². The first-order valence-corrected chi connectivity index (χ1v) is 7.49. The van der Waals surface area contributed by atoms with Gasteiger partial charge in [-0.1, -0.05) is 29.3 Å². The maximum absolute atomic E-state index is 5.98. The highest BCUT2D eigenvalue weighted by molar-refractivity contribution is 7.80. The molecule has 0 spiro atoms. The molecule has 1 aromatic carbocycles. The van der Waals surface area contributed by atoms with E-state index in [0.29, 0.717) is 33.2 Å². The number of nitrogens with zero attached hydrogens (tertiary/aromatic N) is 1. The van der Waals surface area contributed by atoms with Gasteiger partial charge in [-0.05, 0) is 42.5 Å². The van der Waals surface area contributed by atoms with Crippen molar-refractivity contribution in [2.24, 2.45) is 5.10 Å². The van der Waals surface area contributed by atoms with Crippen LogP contribution in [0.4, 0.5) is 0 Å². The molecule has 7 heteroatoms. The predicted molar refractivity (Wildman–Crippen MR) is 95.7 cm³/mol. The normalized spacial score (nSPS) is 10.6. The molecule has 1 aromatic heterocycles. The van der Waals surface area contributed by atoms with Crippen molar-refractivity contribution in [2.45, 2.75) is 0 Å². The first-order valence-electron chi connectivity index (χ1n) is 6.32. The summed E-state index contributed by atoms with van der Waals surface area (Å²) in [5.41, 5.74) is 3.47. The van der Waals surface area contributed by atoms with E-state index in [1.165, 1.54) is 6.21 Å². The molecule has 0 amide bonds. The van der Waals surface area contributed by atoms with Crippen LogP contribution in [0.1, 0.15) is 5.76 Å². The fourth-order valence-electron chi connectivity index (χ4n) is 1.63. The zero-order valence-corrected chi connectivity index (χ0v) is 13.8. The van der Waals surface area contributed by atoms with Crippen LogP contribution in [0, 0.1) is 0 Å². The molecule has 2 rings (SSSR count). The Hall–Kier alpha value is -1.82. The van der Waals surface area contributed by atoms with Crippen LogP contribution in [0.15, 0.2) is 52.5 Å². The molecule has 0 aliphatic rings. The number of hydrogen-bond donors (Lipinski definition) is 2. The molecule has 0 aliphatic heterocycles. The molecule has 0 atom stereocenters. The van der Waals surface area contributed by atoms with E-state index in [1.807, 2.05) is 6.07 Å². The fraction of sp³-hybridized carbons (Fsp3) is 0.0667. The number of nitrogens with one attached hydrogen (secondary N) is 2. The number of benzene rings is 1. The second-order valence-electron chi connectivity index (χ2n) is 4.23. The Kier molecular flexibility index (Phi) is 6.00. The first-order chi connectivity index (χ1) is 10.6. The van der Waals surface area contributed by atoms with Crippen molar-refractivity contribution in [1.82, 2.24) is 10.7 Å². The summed E-state index contributed by atoms with van der Waals surface area (Å²) in [6.07, 6.45) is 3.23. The van der Waals surface area contributed by atoms with Gasteiger partial charge in [0.2, 0.25) is 0 Å². The van der Waals surface area contributed by atoms with E-state index >= 15 is 0 Å². The molecule has 114 valence electrons. The van der Waals surface area contributed by atoms with Gasteiger partial charge in [-0.25, -0.2) is 0 Å². The average molecular weight is 354 g/mol. The van der Waals surface area contributed by atoms with Crippen molar-refractivity contribution in [1.29, 1.82) is 0 Å². The van der Waals surface area contributed by atoms with Gasteiger partial charge in [-0.2, -0.15) is 5.10 Å². The molecule has 0 radical (unpaired) electrons. The lowest BCUT2D eigenvalue weighted by atomic mass is 10.2. The molecule has 0 fully saturated rings. The van der Waals surface area contributed by atoms with E-state index in [1.54, 1.807) is 30.3 Å². The minimum Gasteiger partial charge on any atom is -0.455 e. The highest BCUT2D eigenvalue weighted by Gasteiger charge is 2.06. The van der Waals surface area contributed by atoms with Crippen LogP contribution in [-0.4, -0.2) is 17.9 Å².